The summed E-state index contributed by atoms with van der Waals surface area (Å²) in [6.07, 6.45) is 0. The van der Waals surface area contributed by atoms with Gasteiger partial charge in [-0.25, -0.2) is 4.39 Å². The Morgan fingerprint density at radius 1 is 0.500 bits per heavy atom. The molecule has 0 radical (unpaired) electrons. The molecule has 0 aromatic heterocycles. The van der Waals surface area contributed by atoms with Gasteiger partial charge in [-0.1, -0.05) is 0 Å². The minimum atomic E-state index is -0.816. The molecule has 1 aliphatic rings. The predicted molar refractivity (Wildman–Crippen MR) is 161 cm³/mol. The fourth-order valence-corrected chi connectivity index (χ4v) is 7.54. The van der Waals surface area contributed by atoms with E-state index in [1.54, 1.807) is 0 Å². The Hall–Kier alpha value is -2.56. The van der Waals surface area contributed by atoms with Crippen LogP contribution in [-0.4, -0.2) is 0 Å². The van der Waals surface area contributed by atoms with Gasteiger partial charge in [-0.2, -0.15) is 10.9 Å². The molecule has 6 rings (SSSR count). The maximum absolute atomic E-state index is 13.7. The van der Waals surface area contributed by atoms with E-state index in [-0.39, 0.29) is 5.82 Å². The van der Waals surface area contributed by atoms with Crippen molar-refractivity contribution >= 4 is 56.1 Å². The Morgan fingerprint density at radius 2 is 0.917 bits per heavy atom. The first-order valence-electron chi connectivity index (χ1n) is 11.2. The maximum Gasteiger partial charge on any atom is 0.128 e. The molecule has 36 heavy (non-hydrogen) atoms. The molecule has 0 saturated carbocycles. The van der Waals surface area contributed by atoms with E-state index in [2.05, 4.69) is 69.4 Å². The Labute approximate surface area is 239 Å². The van der Waals surface area contributed by atoms with Crippen LogP contribution in [0.5, 0.6) is 23.0 Å². The van der Waals surface area contributed by atoms with Gasteiger partial charge in [0.15, 0.2) is 0 Å². The average Bonchev–Trinajstić information content (AvgIpc) is 3.20. The lowest BCUT2D eigenvalue weighted by Gasteiger charge is -2.19. The van der Waals surface area contributed by atoms with Crippen LogP contribution in [0.3, 0.4) is 0 Å². The lowest BCUT2D eigenvalue weighted by Crippen LogP contribution is -1.87. The van der Waals surface area contributed by atoms with Crippen LogP contribution in [0.2, 0.25) is 0 Å². The second kappa shape index (κ2) is 10.1. The molecule has 6 heteroatoms. The zero-order valence-corrected chi connectivity index (χ0v) is 24.0. The van der Waals surface area contributed by atoms with Crippen molar-refractivity contribution in [2.24, 2.45) is 0 Å². The SMILES string of the molecule is Fc1ccc([SH]2c3ccc(Oc4ccc(I)cc4)cc3-c3cc(Oc4ccc(I)cc4)ccc32)cc1. The van der Waals surface area contributed by atoms with E-state index in [4.69, 9.17) is 9.47 Å². The van der Waals surface area contributed by atoms with E-state index in [1.807, 2.05) is 72.8 Å². The molecule has 0 aliphatic carbocycles. The molecule has 1 aliphatic heterocycles. The highest BCUT2D eigenvalue weighted by molar-refractivity contribution is 14.1. The van der Waals surface area contributed by atoms with Gasteiger partial charge in [0.1, 0.15) is 28.8 Å². The molecule has 0 N–H and O–H groups in total. The van der Waals surface area contributed by atoms with Crippen molar-refractivity contribution in [3.63, 3.8) is 0 Å². The number of rotatable bonds is 5. The van der Waals surface area contributed by atoms with Crippen LogP contribution in [0.25, 0.3) is 11.1 Å². The summed E-state index contributed by atoms with van der Waals surface area (Å²) >= 11 is 4.57. The largest absolute Gasteiger partial charge is 0.457 e. The van der Waals surface area contributed by atoms with E-state index < -0.39 is 10.9 Å². The third-order valence-corrected chi connectivity index (χ3v) is 9.89. The van der Waals surface area contributed by atoms with Gasteiger partial charge in [0.25, 0.3) is 0 Å². The maximum atomic E-state index is 13.7. The van der Waals surface area contributed by atoms with Crippen LogP contribution in [0.1, 0.15) is 0 Å². The fraction of sp³-hybridized carbons (Fsp3) is 0. The highest BCUT2D eigenvalue weighted by atomic mass is 127. The summed E-state index contributed by atoms with van der Waals surface area (Å²) in [7, 11) is -0.816. The number of hydrogen-bond donors (Lipinski definition) is 1. The van der Waals surface area contributed by atoms with Crippen molar-refractivity contribution in [3.8, 4) is 34.1 Å². The van der Waals surface area contributed by atoms with Gasteiger partial charge in [-0.15, -0.1) is 0 Å². The first-order chi connectivity index (χ1) is 17.5. The van der Waals surface area contributed by atoms with Gasteiger partial charge in [0.05, 0.1) is 0 Å². The molecular weight excluding hydrogens is 697 g/mol. The second-order valence-electron chi connectivity index (χ2n) is 8.28. The lowest BCUT2D eigenvalue weighted by atomic mass is 10.1. The summed E-state index contributed by atoms with van der Waals surface area (Å²) in [4.78, 5) is 3.57. The quantitative estimate of drug-likeness (QED) is 0.142. The molecule has 0 saturated heterocycles. The zero-order valence-electron chi connectivity index (χ0n) is 18.8. The molecular formula is C30H19FI2O2S. The summed E-state index contributed by atoms with van der Waals surface area (Å²) in [5, 5.41) is 0. The van der Waals surface area contributed by atoms with Gasteiger partial charge in [0.2, 0.25) is 0 Å². The monoisotopic (exact) mass is 716 g/mol. The third kappa shape index (κ3) is 4.86. The van der Waals surface area contributed by atoms with Crippen molar-refractivity contribution in [1.29, 1.82) is 0 Å². The normalized spacial score (nSPS) is 12.7. The minimum absolute atomic E-state index is 0.226. The van der Waals surface area contributed by atoms with E-state index in [9.17, 15) is 4.39 Å². The molecule has 0 fully saturated rings. The summed E-state index contributed by atoms with van der Waals surface area (Å²) in [5.41, 5.74) is 2.24. The van der Waals surface area contributed by atoms with Crippen molar-refractivity contribution in [2.45, 2.75) is 14.7 Å². The standard InChI is InChI=1S/C30H19FI2O2S/c31-19-1-13-26(14-2-19)36-29-15-11-24(34-22-7-3-20(32)4-8-22)17-27(29)28-18-25(12-16-30(28)36)35-23-9-5-21(33)6-10-23/h1-18,36H. The van der Waals surface area contributed by atoms with Crippen LogP contribution in [-0.2, 0) is 0 Å². The smallest absolute Gasteiger partial charge is 0.128 e. The summed E-state index contributed by atoms with van der Waals surface area (Å²) < 4.78 is 28.4. The second-order valence-corrected chi connectivity index (χ2v) is 12.9. The highest BCUT2D eigenvalue weighted by Crippen LogP contribution is 2.63. The number of fused-ring (bicyclic) bond motifs is 3. The molecule has 1 heterocycles. The molecule has 178 valence electrons. The highest BCUT2D eigenvalue weighted by Gasteiger charge is 2.28. The van der Waals surface area contributed by atoms with E-state index in [0.717, 1.165) is 46.2 Å². The summed E-state index contributed by atoms with van der Waals surface area (Å²) in [5.74, 6) is 2.92. The first kappa shape index (κ1) is 23.8. The number of halogens is 3. The third-order valence-electron chi connectivity index (χ3n) is 5.89. The van der Waals surface area contributed by atoms with Crippen molar-refractivity contribution in [1.82, 2.24) is 0 Å². The fourth-order valence-electron chi connectivity index (χ4n) is 4.25. The lowest BCUT2D eigenvalue weighted by molar-refractivity contribution is 0.481. The summed E-state index contributed by atoms with van der Waals surface area (Å²) in [6.45, 7) is 0. The van der Waals surface area contributed by atoms with Crippen LogP contribution in [0.4, 0.5) is 4.39 Å². The van der Waals surface area contributed by atoms with Crippen LogP contribution in [0, 0.1) is 13.0 Å². The molecule has 0 unspecified atom stereocenters. The molecule has 5 aromatic rings. The van der Waals surface area contributed by atoms with Crippen LogP contribution < -0.4 is 9.47 Å². The van der Waals surface area contributed by atoms with Gasteiger partial charge < -0.3 is 9.47 Å². The van der Waals surface area contributed by atoms with E-state index >= 15 is 0 Å². The zero-order chi connectivity index (χ0) is 24.6. The van der Waals surface area contributed by atoms with E-state index in [0.29, 0.717) is 0 Å². The molecule has 2 nitrogen and oxygen atoms in total. The molecule has 5 aromatic carbocycles. The van der Waals surface area contributed by atoms with E-state index in [1.165, 1.54) is 21.9 Å². The molecule has 0 amide bonds. The van der Waals surface area contributed by atoms with Crippen molar-refractivity contribution < 1.29 is 13.9 Å². The predicted octanol–water partition coefficient (Wildman–Crippen LogP) is 10.1. The average molecular weight is 716 g/mol. The molecule has 0 spiro atoms. The van der Waals surface area contributed by atoms with Crippen LogP contribution in [0.15, 0.2) is 124 Å². The van der Waals surface area contributed by atoms with Crippen molar-refractivity contribution in [3.05, 3.63) is 122 Å². The Balaban J connectivity index is 1.42. The Morgan fingerprint density at radius 3 is 1.36 bits per heavy atom. The number of hydrogen-bond acceptors (Lipinski definition) is 2. The number of benzene rings is 5. The Bertz CT molecular complexity index is 1460. The number of thiol groups is 1. The van der Waals surface area contributed by atoms with Gasteiger partial charge >= 0.3 is 0 Å². The minimum Gasteiger partial charge on any atom is -0.457 e. The Kier molecular flexibility index (Phi) is 6.66. The van der Waals surface area contributed by atoms with Gasteiger partial charge in [-0.05, 0) is 170 Å². The topological polar surface area (TPSA) is 18.5 Å². The summed E-state index contributed by atoms with van der Waals surface area (Å²) in [6, 6.07) is 35.4. The van der Waals surface area contributed by atoms with Gasteiger partial charge in [0, 0.05) is 16.9 Å². The van der Waals surface area contributed by atoms with Crippen molar-refractivity contribution in [2.75, 3.05) is 0 Å². The van der Waals surface area contributed by atoms with Gasteiger partial charge in [-0.3, -0.25) is 0 Å². The van der Waals surface area contributed by atoms with Crippen LogP contribution >= 0.6 is 56.1 Å². The first-order valence-corrected chi connectivity index (χ1v) is 14.7. The number of ether oxygens (including phenoxy) is 2. The molecule has 0 atom stereocenters. The molecule has 0 bridgehead atoms.